The van der Waals surface area contributed by atoms with Gasteiger partial charge < -0.3 is 19.9 Å². The fourth-order valence-electron chi connectivity index (χ4n) is 3.96. The van der Waals surface area contributed by atoms with Gasteiger partial charge >= 0.3 is 0 Å². The molecule has 1 aromatic heterocycles. The van der Waals surface area contributed by atoms with Crippen LogP contribution in [0.2, 0.25) is 0 Å². The number of fused-ring (bicyclic) bond motifs is 4. The van der Waals surface area contributed by atoms with E-state index in [1.807, 2.05) is 0 Å². The van der Waals surface area contributed by atoms with E-state index in [-0.39, 0.29) is 13.1 Å². The predicted octanol–water partition coefficient (Wildman–Crippen LogP) is 2.33. The maximum Gasteiger partial charge on any atom is 0.274 e. The minimum absolute atomic E-state index is 0.100. The van der Waals surface area contributed by atoms with E-state index in [9.17, 15) is 41.4 Å². The Balaban J connectivity index is 1.69. The van der Waals surface area contributed by atoms with Gasteiger partial charge in [0.15, 0.2) is 11.4 Å². The van der Waals surface area contributed by atoms with Crippen LogP contribution < -0.4 is 10.7 Å². The molecule has 2 bridgehead atoms. The molecule has 1 fully saturated rings. The number of aromatic nitrogens is 1. The SMILES string of the molecule is O=C(NCc1c(F)cc(F)cc1F)c1cn2c(c(O)c1=O)C(=O)N1CCC(F)(F)C[C@H]2C1. The molecule has 2 amide bonds. The third-order valence-electron chi connectivity index (χ3n) is 5.58. The van der Waals surface area contributed by atoms with Crippen LogP contribution in [0.1, 0.15) is 45.3 Å². The molecule has 2 N–H and O–H groups in total. The molecule has 2 aliphatic heterocycles. The van der Waals surface area contributed by atoms with Gasteiger partial charge in [0.2, 0.25) is 5.43 Å². The lowest BCUT2D eigenvalue weighted by atomic mass is 10.0. The number of rotatable bonds is 3. The van der Waals surface area contributed by atoms with Crippen molar-refractivity contribution in [1.29, 1.82) is 0 Å². The van der Waals surface area contributed by atoms with Gasteiger partial charge in [-0.25, -0.2) is 22.0 Å². The van der Waals surface area contributed by atoms with Crippen molar-refractivity contribution in [3.05, 3.63) is 62.8 Å². The van der Waals surface area contributed by atoms with Crippen molar-refractivity contribution in [3.63, 3.8) is 0 Å². The number of carbonyl (C=O) groups excluding carboxylic acids is 2. The second-order valence-corrected chi connectivity index (χ2v) is 7.72. The predicted molar refractivity (Wildman–Crippen MR) is 99.0 cm³/mol. The fourth-order valence-corrected chi connectivity index (χ4v) is 3.96. The van der Waals surface area contributed by atoms with Gasteiger partial charge in [-0.05, 0) is 0 Å². The number of benzene rings is 1. The van der Waals surface area contributed by atoms with Crippen molar-refractivity contribution < 1.29 is 36.6 Å². The monoisotopic (exact) mass is 457 g/mol. The first-order valence-electron chi connectivity index (χ1n) is 9.55. The van der Waals surface area contributed by atoms with Crippen molar-refractivity contribution in [1.82, 2.24) is 14.8 Å². The molecular formula is C20H16F5N3O4. The van der Waals surface area contributed by atoms with Gasteiger partial charge in [-0.1, -0.05) is 0 Å². The van der Waals surface area contributed by atoms with Crippen LogP contribution in [0.3, 0.4) is 0 Å². The zero-order valence-corrected chi connectivity index (χ0v) is 16.3. The van der Waals surface area contributed by atoms with Crippen LogP contribution in [0.25, 0.3) is 0 Å². The lowest BCUT2D eigenvalue weighted by molar-refractivity contribution is -0.0202. The molecule has 7 nitrogen and oxygen atoms in total. The molecule has 0 aliphatic carbocycles. The molecule has 2 aromatic rings. The van der Waals surface area contributed by atoms with E-state index in [0.717, 1.165) is 15.7 Å². The van der Waals surface area contributed by atoms with Crippen molar-refractivity contribution in [3.8, 4) is 5.75 Å². The lowest BCUT2D eigenvalue weighted by Gasteiger charge is -2.34. The highest BCUT2D eigenvalue weighted by molar-refractivity contribution is 5.99. The normalized spacial score (nSPS) is 19.3. The number of alkyl halides is 2. The first-order valence-corrected chi connectivity index (χ1v) is 9.55. The zero-order valence-electron chi connectivity index (χ0n) is 16.3. The summed E-state index contributed by atoms with van der Waals surface area (Å²) in [6, 6.07) is -0.188. The topological polar surface area (TPSA) is 91.6 Å². The van der Waals surface area contributed by atoms with Crippen molar-refractivity contribution >= 4 is 11.8 Å². The molecule has 0 spiro atoms. The van der Waals surface area contributed by atoms with Crippen LogP contribution >= 0.6 is 0 Å². The van der Waals surface area contributed by atoms with Crippen LogP contribution in [-0.2, 0) is 6.54 Å². The third kappa shape index (κ3) is 3.69. The van der Waals surface area contributed by atoms with Crippen LogP contribution in [0, 0.1) is 17.5 Å². The molecule has 2 aliphatic rings. The van der Waals surface area contributed by atoms with Crippen molar-refractivity contribution in [2.24, 2.45) is 0 Å². The van der Waals surface area contributed by atoms with Gasteiger partial charge in [0.25, 0.3) is 17.7 Å². The largest absolute Gasteiger partial charge is 0.503 e. The van der Waals surface area contributed by atoms with Crippen LogP contribution in [-0.4, -0.2) is 45.4 Å². The van der Waals surface area contributed by atoms with Crippen LogP contribution in [0.5, 0.6) is 5.75 Å². The molecule has 1 aromatic carbocycles. The van der Waals surface area contributed by atoms with Gasteiger partial charge in [-0.2, -0.15) is 0 Å². The first-order chi connectivity index (χ1) is 15.0. The molecule has 0 radical (unpaired) electrons. The summed E-state index contributed by atoms with van der Waals surface area (Å²) in [6.07, 6.45) is -0.387. The average molecular weight is 457 g/mol. The highest BCUT2D eigenvalue weighted by Crippen LogP contribution is 2.38. The Labute approximate surface area is 177 Å². The Bertz CT molecular complexity index is 1170. The van der Waals surface area contributed by atoms with E-state index < -0.39 is 88.6 Å². The van der Waals surface area contributed by atoms with Gasteiger partial charge in [-0.15, -0.1) is 0 Å². The third-order valence-corrected chi connectivity index (χ3v) is 5.58. The number of pyridine rings is 1. The molecule has 170 valence electrons. The number of nitrogens with one attached hydrogen (secondary N) is 1. The average Bonchev–Trinajstić information content (AvgIpc) is 2.84. The summed E-state index contributed by atoms with van der Waals surface area (Å²) >= 11 is 0. The summed E-state index contributed by atoms with van der Waals surface area (Å²) < 4.78 is 69.8. The molecule has 12 heteroatoms. The highest BCUT2D eigenvalue weighted by atomic mass is 19.3. The molecule has 0 saturated carbocycles. The van der Waals surface area contributed by atoms with Crippen LogP contribution in [0.4, 0.5) is 22.0 Å². The standard InChI is InChI=1S/C20H16F5N3O4/c21-9-3-13(22)11(14(23)4-9)6-26-18(31)12-8-28-10-5-20(24,25)1-2-27(7-10)19(32)15(28)17(30)16(12)29/h3-4,8,10,30H,1-2,5-7H2,(H,26,31)/t10-/m0/s1. The van der Waals surface area contributed by atoms with E-state index in [1.54, 1.807) is 0 Å². The van der Waals surface area contributed by atoms with E-state index in [2.05, 4.69) is 5.32 Å². The molecule has 3 heterocycles. The second kappa shape index (κ2) is 7.61. The Hall–Kier alpha value is -3.44. The number of hydrogen-bond acceptors (Lipinski definition) is 4. The second-order valence-electron chi connectivity index (χ2n) is 7.72. The quantitative estimate of drug-likeness (QED) is 0.693. The van der Waals surface area contributed by atoms with Gasteiger partial charge in [0, 0.05) is 56.4 Å². The Morgan fingerprint density at radius 1 is 1.19 bits per heavy atom. The Morgan fingerprint density at radius 3 is 2.50 bits per heavy atom. The lowest BCUT2D eigenvalue weighted by Crippen LogP contribution is -2.44. The number of carbonyl (C=O) groups is 2. The molecule has 4 rings (SSSR count). The summed E-state index contributed by atoms with van der Waals surface area (Å²) in [5.74, 6) is -9.87. The number of hydrogen-bond donors (Lipinski definition) is 2. The van der Waals surface area contributed by atoms with E-state index in [1.165, 1.54) is 0 Å². The van der Waals surface area contributed by atoms with Crippen molar-refractivity contribution in [2.75, 3.05) is 13.1 Å². The van der Waals surface area contributed by atoms with Crippen LogP contribution in [0.15, 0.2) is 23.1 Å². The Kier molecular flexibility index (Phi) is 5.18. The minimum atomic E-state index is -3.11. The zero-order chi connectivity index (χ0) is 23.4. The van der Waals surface area contributed by atoms with Gasteiger partial charge in [-0.3, -0.25) is 14.4 Å². The minimum Gasteiger partial charge on any atom is -0.503 e. The molecule has 1 saturated heterocycles. The highest BCUT2D eigenvalue weighted by Gasteiger charge is 2.44. The summed E-state index contributed by atoms with van der Waals surface area (Å²) in [4.78, 5) is 38.7. The summed E-state index contributed by atoms with van der Waals surface area (Å²) in [5, 5.41) is 12.4. The maximum absolute atomic E-state index is 14.1. The maximum atomic E-state index is 14.1. The molecular weight excluding hydrogens is 441 g/mol. The Morgan fingerprint density at radius 2 is 1.84 bits per heavy atom. The molecule has 0 unspecified atom stereocenters. The number of nitrogens with zero attached hydrogens (tertiary/aromatic N) is 2. The molecule has 32 heavy (non-hydrogen) atoms. The van der Waals surface area contributed by atoms with E-state index in [0.29, 0.717) is 12.1 Å². The molecule has 1 atom stereocenters. The number of amides is 2. The fraction of sp³-hybridized carbons (Fsp3) is 0.350. The smallest absolute Gasteiger partial charge is 0.274 e. The van der Waals surface area contributed by atoms with Gasteiger partial charge in [0.1, 0.15) is 23.0 Å². The number of aromatic hydroxyl groups is 1. The van der Waals surface area contributed by atoms with E-state index >= 15 is 0 Å². The summed E-state index contributed by atoms with van der Waals surface area (Å²) in [5.41, 5.74) is -3.12. The van der Waals surface area contributed by atoms with Crippen molar-refractivity contribution in [2.45, 2.75) is 31.4 Å². The summed E-state index contributed by atoms with van der Waals surface area (Å²) in [6.45, 7) is -1.11. The number of halogens is 5. The van der Waals surface area contributed by atoms with E-state index in [4.69, 9.17) is 0 Å². The summed E-state index contributed by atoms with van der Waals surface area (Å²) in [7, 11) is 0. The van der Waals surface area contributed by atoms with Gasteiger partial charge in [0.05, 0.1) is 6.04 Å². The first kappa shape index (κ1) is 21.8.